The van der Waals surface area contributed by atoms with E-state index in [1.165, 1.54) is 7.11 Å². The molecule has 1 rings (SSSR count). The van der Waals surface area contributed by atoms with Crippen LogP contribution in [-0.2, 0) is 14.3 Å². The molecule has 0 aliphatic heterocycles. The molecular weight excluding hydrogens is 132 g/mol. The Balaban J connectivity index is 2.17. The van der Waals surface area contributed by atoms with E-state index >= 15 is 0 Å². The van der Waals surface area contributed by atoms with Gasteiger partial charge in [-0.25, -0.2) is 4.79 Å². The molecule has 0 spiro atoms. The Bertz CT molecular complexity index is 160. The molecule has 0 fully saturated rings. The number of hydrogen-bond donors (Lipinski definition) is 0. The van der Waals surface area contributed by atoms with Gasteiger partial charge in [0.25, 0.3) is 0 Å². The van der Waals surface area contributed by atoms with Crippen molar-refractivity contribution >= 4 is 5.97 Å². The maximum atomic E-state index is 10.7. The second-order valence-electron chi connectivity index (χ2n) is 2.12. The minimum atomic E-state index is -0.312. The molecule has 0 saturated carbocycles. The minimum absolute atomic E-state index is 0.0390. The zero-order valence-corrected chi connectivity index (χ0v) is 5.92. The highest BCUT2D eigenvalue weighted by Crippen LogP contribution is 2.18. The lowest BCUT2D eigenvalue weighted by atomic mass is 10.1. The fourth-order valence-electron chi connectivity index (χ4n) is 0.648. The molecule has 56 valence electrons. The van der Waals surface area contributed by atoms with Crippen molar-refractivity contribution in [2.45, 2.75) is 12.8 Å². The summed E-state index contributed by atoms with van der Waals surface area (Å²) in [5.74, 6) is 0.468. The summed E-state index contributed by atoms with van der Waals surface area (Å²) in [6, 6.07) is 0. The first kappa shape index (κ1) is 7.28. The number of ether oxygens (including phenoxy) is 2. The quantitative estimate of drug-likeness (QED) is 0.548. The topological polar surface area (TPSA) is 35.5 Å². The Morgan fingerprint density at radius 3 is 2.90 bits per heavy atom. The van der Waals surface area contributed by atoms with Gasteiger partial charge in [-0.3, -0.25) is 0 Å². The smallest absolute Gasteiger partial charge is 0.337 e. The third kappa shape index (κ3) is 1.84. The summed E-state index contributed by atoms with van der Waals surface area (Å²) in [6.07, 6.45) is 3.80. The van der Waals surface area contributed by atoms with E-state index in [9.17, 15) is 4.79 Å². The number of methoxy groups -OCH3 is 1. The van der Waals surface area contributed by atoms with Crippen molar-refractivity contribution in [3.05, 3.63) is 11.8 Å². The maximum absolute atomic E-state index is 10.7. The molecule has 3 nitrogen and oxygen atoms in total. The summed E-state index contributed by atoms with van der Waals surface area (Å²) in [5, 5.41) is 0. The molecule has 0 radical (unpaired) electrons. The molecule has 10 heavy (non-hydrogen) atoms. The molecule has 3 heteroatoms. The van der Waals surface area contributed by atoms with Gasteiger partial charge in [-0.1, -0.05) is 0 Å². The highest BCUT2D eigenvalue weighted by molar-refractivity contribution is 5.72. The van der Waals surface area contributed by atoms with Gasteiger partial charge >= 0.3 is 5.97 Å². The van der Waals surface area contributed by atoms with Crippen LogP contribution in [0.15, 0.2) is 11.8 Å². The van der Waals surface area contributed by atoms with Crippen LogP contribution in [0.25, 0.3) is 0 Å². The van der Waals surface area contributed by atoms with E-state index < -0.39 is 0 Å². The van der Waals surface area contributed by atoms with Gasteiger partial charge in [0.15, 0.2) is 0 Å². The van der Waals surface area contributed by atoms with Crippen LogP contribution >= 0.6 is 0 Å². The van der Waals surface area contributed by atoms with E-state index in [1.54, 1.807) is 0 Å². The van der Waals surface area contributed by atoms with Crippen molar-refractivity contribution in [2.24, 2.45) is 0 Å². The normalized spacial score (nSPS) is 15.5. The molecule has 0 amide bonds. The first-order valence-corrected chi connectivity index (χ1v) is 3.21. The van der Waals surface area contributed by atoms with Gasteiger partial charge in [-0.15, -0.1) is 0 Å². The summed E-state index contributed by atoms with van der Waals surface area (Å²) < 4.78 is 9.40. The van der Waals surface area contributed by atoms with Crippen LogP contribution in [0.2, 0.25) is 0 Å². The molecule has 0 aromatic carbocycles. The average Bonchev–Trinajstić information content (AvgIpc) is 1.80. The van der Waals surface area contributed by atoms with Crippen LogP contribution in [0.3, 0.4) is 0 Å². The van der Waals surface area contributed by atoms with Crippen LogP contribution in [0, 0.1) is 0 Å². The van der Waals surface area contributed by atoms with Gasteiger partial charge in [0.1, 0.15) is 12.4 Å². The zero-order valence-electron chi connectivity index (χ0n) is 5.92. The van der Waals surface area contributed by atoms with E-state index in [0.29, 0.717) is 0 Å². The van der Waals surface area contributed by atoms with Crippen LogP contribution in [0.1, 0.15) is 12.8 Å². The molecule has 0 unspecified atom stereocenters. The van der Waals surface area contributed by atoms with Crippen molar-refractivity contribution in [1.29, 1.82) is 0 Å². The van der Waals surface area contributed by atoms with E-state index in [1.807, 2.05) is 6.08 Å². The van der Waals surface area contributed by atoms with Crippen molar-refractivity contribution in [1.82, 2.24) is 0 Å². The Labute approximate surface area is 59.6 Å². The van der Waals surface area contributed by atoms with E-state index in [0.717, 1.165) is 18.6 Å². The molecule has 1 aliphatic rings. The van der Waals surface area contributed by atoms with Crippen molar-refractivity contribution in [3.63, 3.8) is 0 Å². The molecule has 0 aromatic heterocycles. The zero-order chi connectivity index (χ0) is 7.40. The first-order valence-electron chi connectivity index (χ1n) is 3.21. The summed E-state index contributed by atoms with van der Waals surface area (Å²) in [4.78, 5) is 10.7. The van der Waals surface area contributed by atoms with Gasteiger partial charge < -0.3 is 9.47 Å². The fourth-order valence-corrected chi connectivity index (χ4v) is 0.648. The lowest BCUT2D eigenvalue weighted by molar-refractivity contribution is -0.144. The SMILES string of the molecule is COCC(=O)OC1=CCC1. The third-order valence-corrected chi connectivity index (χ3v) is 1.27. The number of allylic oxidation sites excluding steroid dienone is 2. The highest BCUT2D eigenvalue weighted by Gasteiger charge is 2.10. The Morgan fingerprint density at radius 1 is 1.80 bits per heavy atom. The Kier molecular flexibility index (Phi) is 2.45. The van der Waals surface area contributed by atoms with Crippen LogP contribution in [0.5, 0.6) is 0 Å². The molecule has 0 atom stereocenters. The van der Waals surface area contributed by atoms with E-state index in [2.05, 4.69) is 4.74 Å². The maximum Gasteiger partial charge on any atom is 0.337 e. The van der Waals surface area contributed by atoms with Gasteiger partial charge in [0, 0.05) is 13.5 Å². The molecule has 0 aromatic rings. The summed E-state index contributed by atoms with van der Waals surface area (Å²) in [7, 11) is 1.47. The molecular formula is C7H10O3. The fraction of sp³-hybridized carbons (Fsp3) is 0.571. The van der Waals surface area contributed by atoms with Crippen molar-refractivity contribution in [3.8, 4) is 0 Å². The molecule has 1 aliphatic carbocycles. The van der Waals surface area contributed by atoms with E-state index in [4.69, 9.17) is 4.74 Å². The number of carbonyl (C=O) groups excluding carboxylic acids is 1. The van der Waals surface area contributed by atoms with E-state index in [-0.39, 0.29) is 12.6 Å². The van der Waals surface area contributed by atoms with Crippen LogP contribution in [-0.4, -0.2) is 19.7 Å². The lowest BCUT2D eigenvalue weighted by Crippen LogP contribution is -2.13. The molecule has 0 heterocycles. The van der Waals surface area contributed by atoms with Crippen molar-refractivity contribution in [2.75, 3.05) is 13.7 Å². The predicted octanol–water partition coefficient (Wildman–Crippen LogP) is 0.854. The number of hydrogen-bond acceptors (Lipinski definition) is 3. The highest BCUT2D eigenvalue weighted by atomic mass is 16.6. The summed E-state index contributed by atoms with van der Waals surface area (Å²) in [6.45, 7) is 0.0390. The summed E-state index contributed by atoms with van der Waals surface area (Å²) >= 11 is 0. The van der Waals surface area contributed by atoms with Gasteiger partial charge in [0.05, 0.1) is 0 Å². The van der Waals surface area contributed by atoms with Crippen molar-refractivity contribution < 1.29 is 14.3 Å². The molecule has 0 bridgehead atoms. The number of esters is 1. The Morgan fingerprint density at radius 2 is 2.50 bits per heavy atom. The summed E-state index contributed by atoms with van der Waals surface area (Å²) in [5.41, 5.74) is 0. The number of carbonyl (C=O) groups is 1. The minimum Gasteiger partial charge on any atom is -0.430 e. The number of rotatable bonds is 3. The largest absolute Gasteiger partial charge is 0.430 e. The third-order valence-electron chi connectivity index (χ3n) is 1.27. The second kappa shape index (κ2) is 3.37. The Hall–Kier alpha value is -0.830. The predicted molar refractivity (Wildman–Crippen MR) is 35.3 cm³/mol. The van der Waals surface area contributed by atoms with Gasteiger partial charge in [0.2, 0.25) is 0 Å². The van der Waals surface area contributed by atoms with Crippen LogP contribution in [0.4, 0.5) is 0 Å². The monoisotopic (exact) mass is 142 g/mol. The van der Waals surface area contributed by atoms with Crippen LogP contribution < -0.4 is 0 Å². The lowest BCUT2D eigenvalue weighted by Gasteiger charge is -2.13. The van der Waals surface area contributed by atoms with Gasteiger partial charge in [-0.05, 0) is 12.5 Å². The average molecular weight is 142 g/mol. The first-order chi connectivity index (χ1) is 4.83. The van der Waals surface area contributed by atoms with Gasteiger partial charge in [-0.2, -0.15) is 0 Å². The molecule has 0 N–H and O–H groups in total. The molecule has 0 saturated heterocycles. The standard InChI is InChI=1S/C7H10O3/c1-9-5-7(8)10-6-3-2-4-6/h3H,2,4-5H2,1H3. The second-order valence-corrected chi connectivity index (χ2v) is 2.12.